The van der Waals surface area contributed by atoms with Gasteiger partial charge in [-0.05, 0) is 48.9 Å². The van der Waals surface area contributed by atoms with Crippen LogP contribution in [0.1, 0.15) is 46.1 Å². The number of hydrogen-bond acceptors (Lipinski definition) is 2. The topological polar surface area (TPSA) is 21.3 Å². The zero-order valence-corrected chi connectivity index (χ0v) is 12.7. The standard InChI is InChI=1S/C17H27NO/c1-5-13-7-9-14(10-8-13)19-15-11-12-17(3,4)16(15)18-6-2/h7-10,15-16,18H,5-6,11-12H2,1-4H3. The van der Waals surface area contributed by atoms with Crippen LogP contribution in [0.25, 0.3) is 0 Å². The maximum Gasteiger partial charge on any atom is 0.119 e. The first-order valence-electron chi connectivity index (χ1n) is 7.55. The summed E-state index contributed by atoms with van der Waals surface area (Å²) in [6.45, 7) is 10.0. The predicted octanol–water partition coefficient (Wildman–Crippen LogP) is 3.79. The molecule has 0 aromatic heterocycles. The van der Waals surface area contributed by atoms with E-state index < -0.39 is 0 Å². The number of benzene rings is 1. The van der Waals surface area contributed by atoms with E-state index in [2.05, 4.69) is 57.3 Å². The van der Waals surface area contributed by atoms with E-state index in [1.165, 1.54) is 12.0 Å². The summed E-state index contributed by atoms with van der Waals surface area (Å²) in [5.74, 6) is 1.00. The van der Waals surface area contributed by atoms with E-state index in [-0.39, 0.29) is 0 Å². The first-order chi connectivity index (χ1) is 9.06. The number of likely N-dealkylation sites (N-methyl/N-ethyl adjacent to an activating group) is 1. The van der Waals surface area contributed by atoms with Crippen LogP contribution in [0.3, 0.4) is 0 Å². The molecule has 1 saturated carbocycles. The van der Waals surface area contributed by atoms with E-state index in [1.807, 2.05) is 0 Å². The Labute approximate surface area is 117 Å². The molecule has 0 heterocycles. The lowest BCUT2D eigenvalue weighted by molar-refractivity contribution is 0.141. The molecule has 0 aliphatic heterocycles. The molecule has 1 aliphatic rings. The molecule has 0 amide bonds. The van der Waals surface area contributed by atoms with E-state index in [9.17, 15) is 0 Å². The highest BCUT2D eigenvalue weighted by Gasteiger charge is 2.42. The fourth-order valence-corrected chi connectivity index (χ4v) is 3.07. The molecule has 0 saturated heterocycles. The molecule has 2 atom stereocenters. The molecule has 1 aromatic carbocycles. The molecule has 106 valence electrons. The van der Waals surface area contributed by atoms with Gasteiger partial charge in [0.05, 0.1) is 0 Å². The third-order valence-electron chi connectivity index (χ3n) is 4.33. The van der Waals surface area contributed by atoms with Gasteiger partial charge in [-0.25, -0.2) is 0 Å². The van der Waals surface area contributed by atoms with Gasteiger partial charge in [-0.1, -0.05) is 39.8 Å². The largest absolute Gasteiger partial charge is 0.489 e. The number of nitrogens with one attached hydrogen (secondary N) is 1. The summed E-state index contributed by atoms with van der Waals surface area (Å²) in [4.78, 5) is 0. The van der Waals surface area contributed by atoms with Crippen molar-refractivity contribution >= 4 is 0 Å². The smallest absolute Gasteiger partial charge is 0.119 e. The van der Waals surface area contributed by atoms with Gasteiger partial charge in [0.1, 0.15) is 11.9 Å². The summed E-state index contributed by atoms with van der Waals surface area (Å²) in [6, 6.07) is 8.98. The summed E-state index contributed by atoms with van der Waals surface area (Å²) in [5.41, 5.74) is 1.69. The number of ether oxygens (including phenoxy) is 1. The Hall–Kier alpha value is -1.02. The highest BCUT2D eigenvalue weighted by molar-refractivity contribution is 5.27. The van der Waals surface area contributed by atoms with Crippen molar-refractivity contribution in [2.75, 3.05) is 6.54 Å². The van der Waals surface area contributed by atoms with Crippen LogP contribution in [0.15, 0.2) is 24.3 Å². The van der Waals surface area contributed by atoms with Crippen molar-refractivity contribution in [1.29, 1.82) is 0 Å². The van der Waals surface area contributed by atoms with Gasteiger partial charge in [0.2, 0.25) is 0 Å². The van der Waals surface area contributed by atoms with Gasteiger partial charge in [0.25, 0.3) is 0 Å². The normalized spacial score (nSPS) is 25.5. The van der Waals surface area contributed by atoms with Crippen molar-refractivity contribution in [3.8, 4) is 5.75 Å². The van der Waals surface area contributed by atoms with Crippen molar-refractivity contribution in [2.24, 2.45) is 5.41 Å². The van der Waals surface area contributed by atoms with Crippen LogP contribution >= 0.6 is 0 Å². The van der Waals surface area contributed by atoms with E-state index in [1.54, 1.807) is 0 Å². The van der Waals surface area contributed by atoms with E-state index >= 15 is 0 Å². The summed E-state index contributed by atoms with van der Waals surface area (Å²) in [7, 11) is 0. The van der Waals surface area contributed by atoms with Crippen LogP contribution < -0.4 is 10.1 Å². The summed E-state index contributed by atoms with van der Waals surface area (Å²) >= 11 is 0. The van der Waals surface area contributed by atoms with Crippen LogP contribution in [0, 0.1) is 5.41 Å². The summed E-state index contributed by atoms with van der Waals surface area (Å²) in [6.07, 6.45) is 3.74. The molecule has 2 unspecified atom stereocenters. The quantitative estimate of drug-likeness (QED) is 0.870. The number of rotatable bonds is 5. The van der Waals surface area contributed by atoms with Gasteiger partial charge in [0, 0.05) is 6.04 Å². The van der Waals surface area contributed by atoms with Crippen LogP contribution in [0.5, 0.6) is 5.75 Å². The number of hydrogen-bond donors (Lipinski definition) is 1. The molecule has 2 rings (SSSR count). The average Bonchev–Trinajstić information content (AvgIpc) is 2.68. The second-order valence-corrected chi connectivity index (χ2v) is 6.22. The van der Waals surface area contributed by atoms with Crippen molar-refractivity contribution in [2.45, 2.75) is 59.1 Å². The zero-order chi connectivity index (χ0) is 13.9. The van der Waals surface area contributed by atoms with E-state index in [0.717, 1.165) is 25.1 Å². The van der Waals surface area contributed by atoms with Gasteiger partial charge in [-0.15, -0.1) is 0 Å². The summed E-state index contributed by atoms with van der Waals surface area (Å²) in [5, 5.41) is 3.60. The lowest BCUT2D eigenvalue weighted by atomic mass is 9.87. The van der Waals surface area contributed by atoms with Gasteiger partial charge in [-0.3, -0.25) is 0 Å². The van der Waals surface area contributed by atoms with Crippen molar-refractivity contribution in [3.63, 3.8) is 0 Å². The second kappa shape index (κ2) is 5.96. The second-order valence-electron chi connectivity index (χ2n) is 6.22. The van der Waals surface area contributed by atoms with Gasteiger partial charge >= 0.3 is 0 Å². The lowest BCUT2D eigenvalue weighted by Gasteiger charge is -2.31. The van der Waals surface area contributed by atoms with Gasteiger partial charge in [-0.2, -0.15) is 0 Å². The lowest BCUT2D eigenvalue weighted by Crippen LogP contribution is -2.46. The Balaban J connectivity index is 2.04. The molecule has 0 spiro atoms. The van der Waals surface area contributed by atoms with Crippen LogP contribution in [0.2, 0.25) is 0 Å². The molecule has 0 radical (unpaired) electrons. The third-order valence-corrected chi connectivity index (χ3v) is 4.33. The zero-order valence-electron chi connectivity index (χ0n) is 12.7. The molecule has 1 N–H and O–H groups in total. The molecule has 2 heteroatoms. The number of aryl methyl sites for hydroxylation is 1. The predicted molar refractivity (Wildman–Crippen MR) is 80.7 cm³/mol. The highest BCUT2D eigenvalue weighted by atomic mass is 16.5. The maximum atomic E-state index is 6.21. The minimum atomic E-state index is 0.294. The molecular formula is C17H27NO. The van der Waals surface area contributed by atoms with Crippen LogP contribution in [0.4, 0.5) is 0 Å². The Morgan fingerprint density at radius 3 is 2.47 bits per heavy atom. The van der Waals surface area contributed by atoms with E-state index in [4.69, 9.17) is 4.74 Å². The first-order valence-corrected chi connectivity index (χ1v) is 7.55. The Bertz CT molecular complexity index is 396. The highest BCUT2D eigenvalue weighted by Crippen LogP contribution is 2.39. The fourth-order valence-electron chi connectivity index (χ4n) is 3.07. The van der Waals surface area contributed by atoms with Crippen LogP contribution in [-0.4, -0.2) is 18.7 Å². The molecule has 1 fully saturated rings. The van der Waals surface area contributed by atoms with E-state index in [0.29, 0.717) is 17.6 Å². The Kier molecular flexibility index (Phi) is 4.51. The Morgan fingerprint density at radius 2 is 1.89 bits per heavy atom. The summed E-state index contributed by atoms with van der Waals surface area (Å²) < 4.78 is 6.21. The molecule has 2 nitrogen and oxygen atoms in total. The SMILES string of the molecule is CCNC1C(Oc2ccc(CC)cc2)CCC1(C)C. The van der Waals surface area contributed by atoms with Crippen molar-refractivity contribution in [3.05, 3.63) is 29.8 Å². The van der Waals surface area contributed by atoms with Gasteiger partial charge in [0.15, 0.2) is 0 Å². The monoisotopic (exact) mass is 261 g/mol. The molecule has 19 heavy (non-hydrogen) atoms. The minimum Gasteiger partial charge on any atom is -0.489 e. The molecular weight excluding hydrogens is 234 g/mol. The van der Waals surface area contributed by atoms with Crippen molar-refractivity contribution < 1.29 is 4.74 Å². The minimum absolute atomic E-state index is 0.294. The van der Waals surface area contributed by atoms with Crippen LogP contribution in [-0.2, 0) is 6.42 Å². The molecule has 1 aromatic rings. The maximum absolute atomic E-state index is 6.21. The molecule has 0 bridgehead atoms. The first kappa shape index (κ1) is 14.4. The average molecular weight is 261 g/mol. The third kappa shape index (κ3) is 3.30. The van der Waals surface area contributed by atoms with Crippen molar-refractivity contribution in [1.82, 2.24) is 5.32 Å². The Morgan fingerprint density at radius 1 is 1.21 bits per heavy atom. The molecule has 1 aliphatic carbocycles. The fraction of sp³-hybridized carbons (Fsp3) is 0.647. The van der Waals surface area contributed by atoms with Gasteiger partial charge < -0.3 is 10.1 Å².